The van der Waals surface area contributed by atoms with Gasteiger partial charge in [-0.05, 0) is 37.0 Å². The van der Waals surface area contributed by atoms with Crippen LogP contribution in [-0.2, 0) is 0 Å². The lowest BCUT2D eigenvalue weighted by Gasteiger charge is -2.11. The highest BCUT2D eigenvalue weighted by Crippen LogP contribution is 2.23. The van der Waals surface area contributed by atoms with Gasteiger partial charge in [0.1, 0.15) is 0 Å². The van der Waals surface area contributed by atoms with Gasteiger partial charge < -0.3 is 0 Å². The van der Waals surface area contributed by atoms with Gasteiger partial charge in [0.05, 0.1) is 0 Å². The maximum absolute atomic E-state index is 3.93. The van der Waals surface area contributed by atoms with Crippen LogP contribution in [0.4, 0.5) is 0 Å². The zero-order chi connectivity index (χ0) is 9.84. The highest BCUT2D eigenvalue weighted by molar-refractivity contribution is 9.10. The Kier molecular flexibility index (Phi) is 3.73. The Labute approximate surface area is 88.8 Å². The van der Waals surface area contributed by atoms with E-state index >= 15 is 0 Å². The number of halogens is 1. The van der Waals surface area contributed by atoms with E-state index in [2.05, 4.69) is 60.6 Å². The molecule has 0 bridgehead atoms. The number of hydrogen-bond donors (Lipinski definition) is 0. The van der Waals surface area contributed by atoms with E-state index in [0.29, 0.717) is 5.92 Å². The van der Waals surface area contributed by atoms with Crippen molar-refractivity contribution in [3.63, 3.8) is 0 Å². The lowest BCUT2D eigenvalue weighted by atomic mass is 9.95. The van der Waals surface area contributed by atoms with Crippen molar-refractivity contribution in [3.8, 4) is 0 Å². The standard InChI is InChI=1S/C12H15Br/c1-9(2)8-10(3)11-4-6-12(13)7-5-11/h4-7,10H,1,8H2,2-3H3. The predicted octanol–water partition coefficient (Wildman–Crippen LogP) is 4.52. The van der Waals surface area contributed by atoms with E-state index in [-0.39, 0.29) is 0 Å². The SMILES string of the molecule is C=C(C)CC(C)c1ccc(Br)cc1. The van der Waals surface area contributed by atoms with Gasteiger partial charge in [0.15, 0.2) is 0 Å². The summed E-state index contributed by atoms with van der Waals surface area (Å²) in [7, 11) is 0. The first-order valence-electron chi connectivity index (χ1n) is 4.49. The molecule has 0 aromatic heterocycles. The van der Waals surface area contributed by atoms with E-state index in [4.69, 9.17) is 0 Å². The largest absolute Gasteiger partial charge is 0.100 e. The summed E-state index contributed by atoms with van der Waals surface area (Å²) in [6.07, 6.45) is 1.07. The first-order chi connectivity index (χ1) is 6.09. The van der Waals surface area contributed by atoms with Crippen LogP contribution in [0.2, 0.25) is 0 Å². The number of hydrogen-bond acceptors (Lipinski definition) is 0. The van der Waals surface area contributed by atoms with Gasteiger partial charge >= 0.3 is 0 Å². The Morgan fingerprint density at radius 2 is 1.92 bits per heavy atom. The number of rotatable bonds is 3. The van der Waals surface area contributed by atoms with Gasteiger partial charge in [0.2, 0.25) is 0 Å². The second-order valence-corrected chi connectivity index (χ2v) is 4.53. The number of allylic oxidation sites excluding steroid dienone is 1. The molecule has 1 atom stereocenters. The van der Waals surface area contributed by atoms with Crippen molar-refractivity contribution >= 4 is 15.9 Å². The van der Waals surface area contributed by atoms with E-state index < -0.39 is 0 Å². The van der Waals surface area contributed by atoms with E-state index in [1.54, 1.807) is 0 Å². The molecule has 0 N–H and O–H groups in total. The Balaban J connectivity index is 2.71. The Morgan fingerprint density at radius 1 is 1.38 bits per heavy atom. The van der Waals surface area contributed by atoms with E-state index in [0.717, 1.165) is 10.9 Å². The summed E-state index contributed by atoms with van der Waals surface area (Å²) in [6.45, 7) is 8.24. The van der Waals surface area contributed by atoms with Gasteiger partial charge in [-0.1, -0.05) is 40.6 Å². The fourth-order valence-electron chi connectivity index (χ4n) is 1.43. The van der Waals surface area contributed by atoms with E-state index in [1.165, 1.54) is 11.1 Å². The van der Waals surface area contributed by atoms with Gasteiger partial charge in [-0.25, -0.2) is 0 Å². The average Bonchev–Trinajstić information content (AvgIpc) is 2.04. The zero-order valence-corrected chi connectivity index (χ0v) is 9.76. The van der Waals surface area contributed by atoms with Crippen molar-refractivity contribution < 1.29 is 0 Å². The zero-order valence-electron chi connectivity index (χ0n) is 8.18. The summed E-state index contributed by atoms with van der Waals surface area (Å²) >= 11 is 3.43. The van der Waals surface area contributed by atoms with Crippen LogP contribution in [0.25, 0.3) is 0 Å². The first kappa shape index (κ1) is 10.5. The fourth-order valence-corrected chi connectivity index (χ4v) is 1.70. The third kappa shape index (κ3) is 3.35. The molecule has 0 saturated carbocycles. The van der Waals surface area contributed by atoms with Crippen molar-refractivity contribution in [2.24, 2.45) is 0 Å². The van der Waals surface area contributed by atoms with E-state index in [1.807, 2.05) is 0 Å². The molecule has 1 unspecified atom stereocenters. The quantitative estimate of drug-likeness (QED) is 0.680. The molecule has 0 radical (unpaired) electrons. The van der Waals surface area contributed by atoms with Gasteiger partial charge in [-0.2, -0.15) is 0 Å². The average molecular weight is 239 g/mol. The first-order valence-corrected chi connectivity index (χ1v) is 5.28. The van der Waals surface area contributed by atoms with E-state index in [9.17, 15) is 0 Å². The second-order valence-electron chi connectivity index (χ2n) is 3.61. The van der Waals surface area contributed by atoms with Gasteiger partial charge in [-0.15, -0.1) is 6.58 Å². The van der Waals surface area contributed by atoms with Crippen LogP contribution in [0.15, 0.2) is 40.9 Å². The van der Waals surface area contributed by atoms with Crippen molar-refractivity contribution in [2.75, 3.05) is 0 Å². The molecular formula is C12H15Br. The highest BCUT2D eigenvalue weighted by atomic mass is 79.9. The minimum atomic E-state index is 0.575. The summed E-state index contributed by atoms with van der Waals surface area (Å²) in [5, 5.41) is 0. The summed E-state index contributed by atoms with van der Waals surface area (Å²) < 4.78 is 1.14. The van der Waals surface area contributed by atoms with Crippen LogP contribution < -0.4 is 0 Å². The fraction of sp³-hybridized carbons (Fsp3) is 0.333. The molecule has 0 fully saturated rings. The lowest BCUT2D eigenvalue weighted by Crippen LogP contribution is -1.93. The molecule has 0 saturated heterocycles. The van der Waals surface area contributed by atoms with Crippen LogP contribution in [0.5, 0.6) is 0 Å². The normalized spacial score (nSPS) is 12.5. The monoisotopic (exact) mass is 238 g/mol. The topological polar surface area (TPSA) is 0 Å². The molecule has 1 rings (SSSR count). The Hall–Kier alpha value is -0.560. The molecule has 0 aliphatic carbocycles. The molecule has 1 heteroatoms. The summed E-state index contributed by atoms with van der Waals surface area (Å²) in [5.74, 6) is 0.575. The summed E-state index contributed by atoms with van der Waals surface area (Å²) in [4.78, 5) is 0. The van der Waals surface area contributed by atoms with Gasteiger partial charge in [0, 0.05) is 4.47 Å². The molecule has 0 aliphatic rings. The van der Waals surface area contributed by atoms with Crippen LogP contribution in [0.3, 0.4) is 0 Å². The molecule has 1 aromatic rings. The Bertz CT molecular complexity index is 284. The van der Waals surface area contributed by atoms with Gasteiger partial charge in [-0.3, -0.25) is 0 Å². The molecule has 0 amide bonds. The summed E-state index contributed by atoms with van der Waals surface area (Å²) in [6, 6.07) is 8.50. The lowest BCUT2D eigenvalue weighted by molar-refractivity contribution is 0.753. The van der Waals surface area contributed by atoms with Crippen LogP contribution >= 0.6 is 15.9 Å². The third-order valence-electron chi connectivity index (χ3n) is 2.09. The Morgan fingerprint density at radius 3 is 2.38 bits per heavy atom. The maximum atomic E-state index is 3.93. The molecule has 70 valence electrons. The maximum Gasteiger partial charge on any atom is 0.0175 e. The van der Waals surface area contributed by atoms with Crippen LogP contribution in [0, 0.1) is 0 Å². The molecule has 0 aliphatic heterocycles. The van der Waals surface area contributed by atoms with Crippen molar-refractivity contribution in [2.45, 2.75) is 26.2 Å². The van der Waals surface area contributed by atoms with Crippen LogP contribution in [0.1, 0.15) is 31.7 Å². The second kappa shape index (κ2) is 4.61. The van der Waals surface area contributed by atoms with Crippen molar-refractivity contribution in [3.05, 3.63) is 46.5 Å². The smallest absolute Gasteiger partial charge is 0.0175 e. The molecule has 0 heterocycles. The minimum absolute atomic E-state index is 0.575. The van der Waals surface area contributed by atoms with Crippen molar-refractivity contribution in [1.82, 2.24) is 0 Å². The van der Waals surface area contributed by atoms with Gasteiger partial charge in [0.25, 0.3) is 0 Å². The number of benzene rings is 1. The molecule has 0 nitrogen and oxygen atoms in total. The highest BCUT2D eigenvalue weighted by Gasteiger charge is 2.04. The minimum Gasteiger partial charge on any atom is -0.100 e. The molecule has 1 aromatic carbocycles. The molecule has 0 spiro atoms. The van der Waals surface area contributed by atoms with Crippen LogP contribution in [-0.4, -0.2) is 0 Å². The molecule has 13 heavy (non-hydrogen) atoms. The molecular weight excluding hydrogens is 224 g/mol. The third-order valence-corrected chi connectivity index (χ3v) is 2.62. The summed E-state index contributed by atoms with van der Waals surface area (Å²) in [5.41, 5.74) is 2.63. The predicted molar refractivity (Wildman–Crippen MR) is 62.0 cm³/mol. The van der Waals surface area contributed by atoms with Crippen molar-refractivity contribution in [1.29, 1.82) is 0 Å².